The highest BCUT2D eigenvalue weighted by Gasteiger charge is 2.27. The number of sulfonamides is 1. The van der Waals surface area contributed by atoms with Crippen molar-refractivity contribution in [3.05, 3.63) is 28.8 Å². The second kappa shape index (κ2) is 7.95. The summed E-state index contributed by atoms with van der Waals surface area (Å²) < 4.78 is 34.3. The zero-order valence-electron chi connectivity index (χ0n) is 15.4. The molecule has 0 spiro atoms. The second-order valence-corrected chi connectivity index (χ2v) is 8.76. The van der Waals surface area contributed by atoms with Crippen molar-refractivity contribution >= 4 is 10.0 Å². The predicted molar refractivity (Wildman–Crippen MR) is 96.9 cm³/mol. The first-order valence-corrected chi connectivity index (χ1v) is 10.1. The van der Waals surface area contributed by atoms with E-state index < -0.39 is 10.0 Å². The van der Waals surface area contributed by atoms with Gasteiger partial charge in [0.1, 0.15) is 0 Å². The minimum atomic E-state index is -3.54. The standard InChI is InChI=1S/C18H30N2O3S/c1-13(2)17(12-20-6-8-23-9-7-20)19-24(21,22)18-15(4)10-14(3)11-16(18)5/h10-11,13,17,19H,6-9,12H2,1-5H3. The number of nitrogens with zero attached hydrogens (tertiary/aromatic N) is 1. The van der Waals surface area contributed by atoms with Crippen LogP contribution in [-0.4, -0.2) is 52.2 Å². The SMILES string of the molecule is Cc1cc(C)c(S(=O)(=O)NC(CN2CCOCC2)C(C)C)c(C)c1. The molecular formula is C18H30N2O3S. The summed E-state index contributed by atoms with van der Waals surface area (Å²) in [6.45, 7) is 13.7. The molecule has 24 heavy (non-hydrogen) atoms. The largest absolute Gasteiger partial charge is 0.379 e. The van der Waals surface area contributed by atoms with E-state index in [4.69, 9.17) is 4.74 Å². The number of rotatable bonds is 6. The van der Waals surface area contributed by atoms with E-state index in [1.165, 1.54) is 0 Å². The first kappa shape index (κ1) is 19.4. The van der Waals surface area contributed by atoms with Gasteiger partial charge in [0.2, 0.25) is 10.0 Å². The molecule has 136 valence electrons. The normalized spacial score (nSPS) is 18.1. The smallest absolute Gasteiger partial charge is 0.241 e. The second-order valence-electron chi connectivity index (χ2n) is 7.11. The Morgan fingerprint density at radius 1 is 1.12 bits per heavy atom. The zero-order valence-corrected chi connectivity index (χ0v) is 16.2. The highest BCUT2D eigenvalue weighted by atomic mass is 32.2. The monoisotopic (exact) mass is 354 g/mol. The lowest BCUT2D eigenvalue weighted by molar-refractivity contribution is 0.0324. The molecule has 1 aliphatic heterocycles. The van der Waals surface area contributed by atoms with Crippen molar-refractivity contribution in [1.29, 1.82) is 0 Å². The first-order valence-electron chi connectivity index (χ1n) is 8.61. The van der Waals surface area contributed by atoms with Gasteiger partial charge >= 0.3 is 0 Å². The van der Waals surface area contributed by atoms with Crippen LogP contribution in [-0.2, 0) is 14.8 Å². The Hall–Kier alpha value is -0.950. The quantitative estimate of drug-likeness (QED) is 0.851. The molecule has 2 rings (SSSR count). The van der Waals surface area contributed by atoms with E-state index in [-0.39, 0.29) is 12.0 Å². The van der Waals surface area contributed by atoms with Crippen LogP contribution in [0.5, 0.6) is 0 Å². The lowest BCUT2D eigenvalue weighted by Gasteiger charge is -2.32. The predicted octanol–water partition coefficient (Wildman–Crippen LogP) is 2.25. The summed E-state index contributed by atoms with van der Waals surface area (Å²) in [6.07, 6.45) is 0. The lowest BCUT2D eigenvalue weighted by Crippen LogP contribution is -2.49. The average Bonchev–Trinajstić information content (AvgIpc) is 2.45. The molecule has 1 N–H and O–H groups in total. The van der Waals surface area contributed by atoms with E-state index in [2.05, 4.69) is 23.5 Å². The van der Waals surface area contributed by atoms with E-state index in [1.54, 1.807) is 0 Å². The minimum Gasteiger partial charge on any atom is -0.379 e. The molecule has 0 amide bonds. The van der Waals surface area contributed by atoms with Gasteiger partial charge in [0.25, 0.3) is 0 Å². The van der Waals surface area contributed by atoms with Crippen LogP contribution in [0.1, 0.15) is 30.5 Å². The molecule has 0 aliphatic carbocycles. The summed E-state index contributed by atoms with van der Waals surface area (Å²) in [5, 5.41) is 0. The van der Waals surface area contributed by atoms with Gasteiger partial charge in [-0.25, -0.2) is 13.1 Å². The third-order valence-corrected chi connectivity index (χ3v) is 6.34. The van der Waals surface area contributed by atoms with Gasteiger partial charge < -0.3 is 4.74 Å². The fourth-order valence-corrected chi connectivity index (χ4v) is 5.12. The molecule has 0 bridgehead atoms. The molecule has 1 aromatic rings. The van der Waals surface area contributed by atoms with Gasteiger partial charge in [-0.05, 0) is 37.8 Å². The van der Waals surface area contributed by atoms with Crippen molar-refractivity contribution in [2.75, 3.05) is 32.8 Å². The third kappa shape index (κ3) is 4.79. The summed E-state index contributed by atoms with van der Waals surface area (Å²) >= 11 is 0. The van der Waals surface area contributed by atoms with Crippen LogP contribution in [0.3, 0.4) is 0 Å². The maximum absolute atomic E-state index is 13.0. The highest BCUT2D eigenvalue weighted by molar-refractivity contribution is 7.89. The molecule has 5 nitrogen and oxygen atoms in total. The van der Waals surface area contributed by atoms with Gasteiger partial charge in [-0.2, -0.15) is 0 Å². The summed E-state index contributed by atoms with van der Waals surface area (Å²) in [5.41, 5.74) is 2.68. The van der Waals surface area contributed by atoms with Crippen molar-refractivity contribution in [2.24, 2.45) is 5.92 Å². The van der Waals surface area contributed by atoms with Crippen molar-refractivity contribution in [2.45, 2.75) is 45.6 Å². The summed E-state index contributed by atoms with van der Waals surface area (Å²) in [7, 11) is -3.54. The van der Waals surface area contributed by atoms with Gasteiger partial charge in [0, 0.05) is 25.7 Å². The fourth-order valence-electron chi connectivity index (χ4n) is 3.29. The number of aryl methyl sites for hydroxylation is 3. The molecule has 0 saturated carbocycles. The Morgan fingerprint density at radius 2 is 1.67 bits per heavy atom. The topological polar surface area (TPSA) is 58.6 Å². The molecule has 1 atom stereocenters. The number of hydrogen-bond acceptors (Lipinski definition) is 4. The molecule has 0 radical (unpaired) electrons. The Kier molecular flexibility index (Phi) is 6.42. The van der Waals surface area contributed by atoms with Gasteiger partial charge in [-0.15, -0.1) is 0 Å². The van der Waals surface area contributed by atoms with E-state index in [0.717, 1.165) is 29.8 Å². The average molecular weight is 355 g/mol. The van der Waals surface area contributed by atoms with Crippen LogP contribution in [0, 0.1) is 26.7 Å². The van der Waals surface area contributed by atoms with Crippen molar-refractivity contribution in [1.82, 2.24) is 9.62 Å². The lowest BCUT2D eigenvalue weighted by atomic mass is 10.1. The maximum Gasteiger partial charge on any atom is 0.241 e. The van der Waals surface area contributed by atoms with Crippen LogP contribution in [0.15, 0.2) is 17.0 Å². The molecule has 1 aromatic carbocycles. The highest BCUT2D eigenvalue weighted by Crippen LogP contribution is 2.22. The Balaban J connectivity index is 2.21. The van der Waals surface area contributed by atoms with Gasteiger partial charge in [0.15, 0.2) is 0 Å². The molecule has 1 heterocycles. The van der Waals surface area contributed by atoms with E-state index in [1.807, 2.05) is 32.9 Å². The molecule has 1 fully saturated rings. The molecule has 0 aromatic heterocycles. The minimum absolute atomic E-state index is 0.117. The van der Waals surface area contributed by atoms with Crippen LogP contribution < -0.4 is 4.72 Å². The van der Waals surface area contributed by atoms with Crippen molar-refractivity contribution in [3.8, 4) is 0 Å². The summed E-state index contributed by atoms with van der Waals surface area (Å²) in [4.78, 5) is 2.69. The molecule has 1 unspecified atom stereocenters. The van der Waals surface area contributed by atoms with Crippen molar-refractivity contribution in [3.63, 3.8) is 0 Å². The van der Waals surface area contributed by atoms with E-state index in [9.17, 15) is 8.42 Å². The van der Waals surface area contributed by atoms with Gasteiger partial charge in [-0.3, -0.25) is 4.90 Å². The molecular weight excluding hydrogens is 324 g/mol. The molecule has 1 aliphatic rings. The van der Waals surface area contributed by atoms with E-state index in [0.29, 0.717) is 24.7 Å². The molecule has 6 heteroatoms. The first-order chi connectivity index (χ1) is 11.2. The Bertz CT molecular complexity index is 642. The number of hydrogen-bond donors (Lipinski definition) is 1. The number of benzene rings is 1. The third-order valence-electron chi connectivity index (χ3n) is 4.54. The number of ether oxygens (including phenoxy) is 1. The summed E-state index contributed by atoms with van der Waals surface area (Å²) in [6, 6.07) is 3.73. The van der Waals surface area contributed by atoms with Crippen molar-refractivity contribution < 1.29 is 13.2 Å². The van der Waals surface area contributed by atoms with Crippen LogP contribution in [0.4, 0.5) is 0 Å². The fraction of sp³-hybridized carbons (Fsp3) is 0.667. The van der Waals surface area contributed by atoms with Crippen LogP contribution >= 0.6 is 0 Å². The zero-order chi connectivity index (χ0) is 17.9. The van der Waals surface area contributed by atoms with Crippen LogP contribution in [0.2, 0.25) is 0 Å². The van der Waals surface area contributed by atoms with Gasteiger partial charge in [0.05, 0.1) is 18.1 Å². The van der Waals surface area contributed by atoms with Crippen LogP contribution in [0.25, 0.3) is 0 Å². The Morgan fingerprint density at radius 3 is 2.17 bits per heavy atom. The Labute approximate surface area is 146 Å². The van der Waals surface area contributed by atoms with Gasteiger partial charge in [-0.1, -0.05) is 31.5 Å². The number of nitrogens with one attached hydrogen (secondary N) is 1. The molecule has 1 saturated heterocycles. The maximum atomic E-state index is 13.0. The number of morpholine rings is 1. The summed E-state index contributed by atoms with van der Waals surface area (Å²) in [5.74, 6) is 0.216. The van der Waals surface area contributed by atoms with E-state index >= 15 is 0 Å².